The van der Waals surface area contributed by atoms with Gasteiger partial charge in [-0.1, -0.05) is 96.8 Å². The fourth-order valence-corrected chi connectivity index (χ4v) is 4.27. The monoisotopic (exact) mass is 446 g/mol. The Morgan fingerprint density at radius 3 is 1.50 bits per heavy atom. The predicted octanol–water partition coefficient (Wildman–Crippen LogP) is 4.30. The van der Waals surface area contributed by atoms with E-state index < -0.39 is 33.5 Å². The molecule has 0 aromatic carbocycles. The van der Waals surface area contributed by atoms with Crippen molar-refractivity contribution in [2.45, 2.75) is 109 Å². The molecule has 0 saturated heterocycles. The summed E-state index contributed by atoms with van der Waals surface area (Å²) < 4.78 is 58.6. The van der Waals surface area contributed by atoms with Crippen molar-refractivity contribution in [3.05, 3.63) is 0 Å². The molecule has 1 atom stereocenters. The van der Waals surface area contributed by atoms with Crippen LogP contribution < -0.4 is 0 Å². The van der Waals surface area contributed by atoms with E-state index in [2.05, 4.69) is 14.7 Å². The second-order valence-corrected chi connectivity index (χ2v) is 9.68. The third-order valence-corrected chi connectivity index (χ3v) is 6.24. The van der Waals surface area contributed by atoms with E-state index in [1.54, 1.807) is 0 Å². The highest BCUT2D eigenvalue weighted by atomic mass is 32.3. The Balaban J connectivity index is 3.44. The molecule has 0 aromatic heterocycles. The molecule has 0 aliphatic carbocycles. The van der Waals surface area contributed by atoms with Crippen molar-refractivity contribution in [3.8, 4) is 0 Å². The first kappa shape index (κ1) is 27.7. The molecule has 0 spiro atoms. The van der Waals surface area contributed by atoms with Crippen molar-refractivity contribution in [1.29, 1.82) is 0 Å². The Morgan fingerprint density at radius 2 is 1.11 bits per heavy atom. The Bertz CT molecular complexity index is 560. The van der Waals surface area contributed by atoms with E-state index in [-0.39, 0.29) is 0 Å². The number of rotatable bonds is 20. The van der Waals surface area contributed by atoms with Gasteiger partial charge in [0.2, 0.25) is 0 Å². The van der Waals surface area contributed by atoms with Crippen LogP contribution in [0.3, 0.4) is 0 Å². The number of aliphatic hydroxyl groups is 1. The minimum atomic E-state index is -5.17. The van der Waals surface area contributed by atoms with Gasteiger partial charge in [-0.05, 0) is 6.42 Å². The fraction of sp³-hybridized carbons (Fsp3) is 1.00. The molecule has 0 saturated carbocycles. The van der Waals surface area contributed by atoms with E-state index in [0.717, 1.165) is 25.7 Å². The first-order chi connectivity index (χ1) is 13.2. The lowest BCUT2D eigenvalue weighted by Crippen LogP contribution is -2.22. The molecule has 0 rings (SSSR count). The van der Waals surface area contributed by atoms with Gasteiger partial charge in [0.1, 0.15) is 0 Å². The molecule has 8 nitrogen and oxygen atoms in total. The van der Waals surface area contributed by atoms with Crippen LogP contribution in [0.5, 0.6) is 0 Å². The number of hydrogen-bond acceptors (Lipinski definition) is 7. The highest BCUT2D eigenvalue weighted by Gasteiger charge is 2.22. The third-order valence-electron chi connectivity index (χ3n) is 4.46. The highest BCUT2D eigenvalue weighted by molar-refractivity contribution is 7.94. The molecule has 0 amide bonds. The summed E-state index contributed by atoms with van der Waals surface area (Å²) >= 11 is 0. The average Bonchev–Trinajstić information content (AvgIpc) is 2.58. The standard InChI is InChI=1S/C18H38O8S2/c1-2-3-4-5-6-7-8-9-10-11-12-13-14-15-16-18(19)17-25-28(23,24)26-27(20,21)22/h18-19H,2-17H2,1H3,(H,20,21,22). The average molecular weight is 447 g/mol. The van der Waals surface area contributed by atoms with Gasteiger partial charge in [0.25, 0.3) is 0 Å². The van der Waals surface area contributed by atoms with Crippen LogP contribution in [0.15, 0.2) is 0 Å². The Hall–Kier alpha value is -0.260. The van der Waals surface area contributed by atoms with Gasteiger partial charge in [0.05, 0.1) is 12.7 Å². The van der Waals surface area contributed by atoms with Crippen molar-refractivity contribution in [2.24, 2.45) is 0 Å². The summed E-state index contributed by atoms with van der Waals surface area (Å²) in [5.74, 6) is 0. The maximum Gasteiger partial charge on any atom is 0.416 e. The van der Waals surface area contributed by atoms with Crippen LogP contribution in [0.1, 0.15) is 103 Å². The lowest BCUT2D eigenvalue weighted by Gasteiger charge is -2.10. The van der Waals surface area contributed by atoms with Crippen LogP contribution in [0, 0.1) is 0 Å². The van der Waals surface area contributed by atoms with Gasteiger partial charge >= 0.3 is 20.8 Å². The Kier molecular flexibility index (Phi) is 16.4. The van der Waals surface area contributed by atoms with Crippen molar-refractivity contribution >= 4 is 20.8 Å². The lowest BCUT2D eigenvalue weighted by molar-refractivity contribution is 0.0941. The highest BCUT2D eigenvalue weighted by Crippen LogP contribution is 2.14. The number of aliphatic hydroxyl groups excluding tert-OH is 1. The van der Waals surface area contributed by atoms with Gasteiger partial charge in [-0.3, -0.25) is 4.55 Å². The molecule has 0 fully saturated rings. The van der Waals surface area contributed by atoms with Crippen LogP contribution in [-0.2, 0) is 28.6 Å². The molecule has 0 radical (unpaired) electrons. The maximum atomic E-state index is 11.1. The van der Waals surface area contributed by atoms with Gasteiger partial charge in [0.15, 0.2) is 0 Å². The molecular weight excluding hydrogens is 408 g/mol. The van der Waals surface area contributed by atoms with Crippen molar-refractivity contribution in [3.63, 3.8) is 0 Å². The minimum Gasteiger partial charge on any atom is -0.391 e. The van der Waals surface area contributed by atoms with E-state index in [9.17, 15) is 21.9 Å². The normalized spacial score (nSPS) is 13.7. The quantitative estimate of drug-likeness (QED) is 0.209. The summed E-state index contributed by atoms with van der Waals surface area (Å²) in [6.07, 6.45) is 16.3. The molecule has 0 bridgehead atoms. The molecular formula is C18H38O8S2. The van der Waals surface area contributed by atoms with Gasteiger partial charge in [-0.25, -0.2) is 4.18 Å². The summed E-state index contributed by atoms with van der Waals surface area (Å²) in [5, 5.41) is 9.65. The van der Waals surface area contributed by atoms with Gasteiger partial charge in [-0.15, -0.1) is 3.63 Å². The molecule has 170 valence electrons. The van der Waals surface area contributed by atoms with E-state index in [1.165, 1.54) is 64.2 Å². The van der Waals surface area contributed by atoms with Crippen LogP contribution in [0.4, 0.5) is 0 Å². The summed E-state index contributed by atoms with van der Waals surface area (Å²) in [5.41, 5.74) is 0. The Morgan fingerprint density at radius 1 is 0.714 bits per heavy atom. The van der Waals surface area contributed by atoms with E-state index >= 15 is 0 Å². The van der Waals surface area contributed by atoms with Crippen LogP contribution in [-0.4, -0.2) is 39.2 Å². The SMILES string of the molecule is CCCCCCCCCCCCCCCCC(O)COS(=O)(=O)OS(=O)(=O)O. The summed E-state index contributed by atoms with van der Waals surface area (Å²) in [6, 6.07) is 0. The zero-order valence-electron chi connectivity index (χ0n) is 17.1. The zero-order chi connectivity index (χ0) is 21.3. The summed E-state index contributed by atoms with van der Waals surface area (Å²) in [4.78, 5) is 0. The zero-order valence-corrected chi connectivity index (χ0v) is 18.7. The largest absolute Gasteiger partial charge is 0.416 e. The smallest absolute Gasteiger partial charge is 0.391 e. The van der Waals surface area contributed by atoms with E-state index in [0.29, 0.717) is 6.42 Å². The Labute approximate surface area is 171 Å². The molecule has 1 unspecified atom stereocenters. The molecule has 0 heterocycles. The first-order valence-electron chi connectivity index (χ1n) is 10.4. The van der Waals surface area contributed by atoms with Crippen LogP contribution >= 0.6 is 0 Å². The lowest BCUT2D eigenvalue weighted by atomic mass is 10.0. The first-order valence-corrected chi connectivity index (χ1v) is 13.1. The molecule has 0 aromatic rings. The second kappa shape index (κ2) is 16.5. The van der Waals surface area contributed by atoms with Crippen LogP contribution in [0.25, 0.3) is 0 Å². The van der Waals surface area contributed by atoms with E-state index in [4.69, 9.17) is 4.55 Å². The third kappa shape index (κ3) is 20.5. The van der Waals surface area contributed by atoms with Crippen molar-refractivity contribution in [1.82, 2.24) is 0 Å². The van der Waals surface area contributed by atoms with Gasteiger partial charge < -0.3 is 5.11 Å². The van der Waals surface area contributed by atoms with E-state index in [1.807, 2.05) is 0 Å². The molecule has 10 heteroatoms. The van der Waals surface area contributed by atoms with Crippen molar-refractivity contribution < 1.29 is 34.3 Å². The molecule has 0 aliphatic heterocycles. The van der Waals surface area contributed by atoms with Gasteiger partial charge in [-0.2, -0.15) is 16.8 Å². The van der Waals surface area contributed by atoms with Crippen LogP contribution in [0.2, 0.25) is 0 Å². The second-order valence-electron chi connectivity index (χ2n) is 7.23. The topological polar surface area (TPSA) is 127 Å². The number of unbranched alkanes of at least 4 members (excludes halogenated alkanes) is 13. The minimum absolute atomic E-state index is 0.347. The van der Waals surface area contributed by atoms with Gasteiger partial charge in [0, 0.05) is 0 Å². The predicted molar refractivity (Wildman–Crippen MR) is 108 cm³/mol. The fourth-order valence-electron chi connectivity index (χ4n) is 2.94. The molecule has 0 aliphatic rings. The summed E-state index contributed by atoms with van der Waals surface area (Å²) in [7, 11) is -10.1. The summed E-state index contributed by atoms with van der Waals surface area (Å²) in [6.45, 7) is 1.62. The maximum absolute atomic E-state index is 11.1. The molecule has 28 heavy (non-hydrogen) atoms. The molecule has 2 N–H and O–H groups in total. The number of hydrogen-bond donors (Lipinski definition) is 2. The van der Waals surface area contributed by atoms with Crippen molar-refractivity contribution in [2.75, 3.05) is 6.61 Å².